The fraction of sp³-hybridized carbons (Fsp3) is 0.400. The summed E-state index contributed by atoms with van der Waals surface area (Å²) in [5.41, 5.74) is 2.54. The number of nitrogens with zero attached hydrogens (tertiary/aromatic N) is 1. The zero-order valence-corrected chi connectivity index (χ0v) is 27.1. The third-order valence-corrected chi connectivity index (χ3v) is 8.26. The third-order valence-electron chi connectivity index (χ3n) is 8.26. The van der Waals surface area contributed by atoms with Gasteiger partial charge in [0.15, 0.2) is 29.6 Å². The van der Waals surface area contributed by atoms with E-state index in [1.165, 1.54) is 28.4 Å². The fourth-order valence-corrected chi connectivity index (χ4v) is 5.75. The largest absolute Gasteiger partial charge is 0.493 e. The van der Waals surface area contributed by atoms with Crippen LogP contribution >= 0.6 is 0 Å². The highest BCUT2D eigenvalue weighted by atomic mass is 16.5. The second-order valence-corrected chi connectivity index (χ2v) is 11.4. The topological polar surface area (TPSA) is 134 Å². The molecule has 1 saturated heterocycles. The highest BCUT2D eigenvalue weighted by Gasteiger charge is 2.34. The second-order valence-electron chi connectivity index (χ2n) is 11.4. The lowest BCUT2D eigenvalue weighted by Crippen LogP contribution is -2.58. The van der Waals surface area contributed by atoms with Crippen molar-refractivity contribution in [1.82, 2.24) is 15.5 Å². The zero-order valence-electron chi connectivity index (χ0n) is 27.1. The highest BCUT2D eigenvalue weighted by Crippen LogP contribution is 2.38. The Labute approximate surface area is 274 Å². The van der Waals surface area contributed by atoms with Gasteiger partial charge in [-0.1, -0.05) is 18.2 Å². The van der Waals surface area contributed by atoms with E-state index in [2.05, 4.69) is 10.6 Å². The van der Waals surface area contributed by atoms with Crippen LogP contribution in [-0.4, -0.2) is 82.9 Å². The summed E-state index contributed by atoms with van der Waals surface area (Å²) < 4.78 is 34.0. The van der Waals surface area contributed by atoms with Crippen LogP contribution in [0.25, 0.3) is 0 Å². The van der Waals surface area contributed by atoms with Crippen molar-refractivity contribution in [2.75, 3.05) is 48.1 Å². The lowest BCUT2D eigenvalue weighted by molar-refractivity contribution is -0.135. The average Bonchev–Trinajstić information content (AvgIpc) is 3.09. The first-order valence-corrected chi connectivity index (χ1v) is 15.5. The first kappa shape index (κ1) is 33.2. The number of hydrogen-bond acceptors (Lipinski definition) is 9. The first-order chi connectivity index (χ1) is 22.8. The van der Waals surface area contributed by atoms with Gasteiger partial charge in [-0.3, -0.25) is 14.4 Å². The lowest BCUT2D eigenvalue weighted by Gasteiger charge is -2.39. The van der Waals surface area contributed by atoms with E-state index >= 15 is 0 Å². The average molecular weight is 648 g/mol. The van der Waals surface area contributed by atoms with E-state index in [0.29, 0.717) is 72.4 Å². The number of carbonyl (C=O) groups is 3. The molecule has 12 nitrogen and oxygen atoms in total. The number of nitrogens with one attached hydrogen (secondary N) is 2. The summed E-state index contributed by atoms with van der Waals surface area (Å²) in [7, 11) is 6.10. The first-order valence-electron chi connectivity index (χ1n) is 15.5. The summed E-state index contributed by atoms with van der Waals surface area (Å²) in [4.78, 5) is 41.0. The van der Waals surface area contributed by atoms with Gasteiger partial charge in [0.05, 0.1) is 40.9 Å². The van der Waals surface area contributed by atoms with Gasteiger partial charge in [0.1, 0.15) is 11.9 Å². The SMILES string of the molecule is COc1cc2ccc1OCC(=O)N[C@@H]1CN(C(=O)Cc3cc(OC)c(OC)c(OC)c3)CC[C@H]1Oc1ccc(cc1)CNC(=O)CC2. The van der Waals surface area contributed by atoms with Crippen LogP contribution in [-0.2, 0) is 33.8 Å². The molecule has 0 unspecified atom stereocenters. The van der Waals surface area contributed by atoms with Crippen LogP contribution in [0.15, 0.2) is 54.6 Å². The van der Waals surface area contributed by atoms with Crippen molar-refractivity contribution in [3.63, 3.8) is 0 Å². The molecular weight excluding hydrogens is 606 g/mol. The summed E-state index contributed by atoms with van der Waals surface area (Å²) >= 11 is 0. The molecule has 12 heteroatoms. The summed E-state index contributed by atoms with van der Waals surface area (Å²) in [6.07, 6.45) is 1.01. The maximum atomic E-state index is 13.6. The van der Waals surface area contributed by atoms with E-state index in [1.807, 2.05) is 30.3 Å². The predicted octanol–water partition coefficient (Wildman–Crippen LogP) is 3.07. The van der Waals surface area contributed by atoms with Crippen LogP contribution in [0.3, 0.4) is 0 Å². The maximum absolute atomic E-state index is 13.6. The Kier molecular flexibility index (Phi) is 10.9. The van der Waals surface area contributed by atoms with E-state index in [-0.39, 0.29) is 37.3 Å². The lowest BCUT2D eigenvalue weighted by atomic mass is 10.00. The minimum atomic E-state index is -0.516. The number of likely N-dealkylation sites (tertiary alicyclic amines) is 1. The normalized spacial score (nSPS) is 18.5. The quantitative estimate of drug-likeness (QED) is 0.414. The smallest absolute Gasteiger partial charge is 0.258 e. The van der Waals surface area contributed by atoms with E-state index in [4.69, 9.17) is 28.4 Å². The standard InChI is InChI=1S/C35H41N3O9/c1-42-29-15-22-7-11-28(29)46-21-33(40)37-26-20-38(34(41)18-24-16-30(43-2)35(45-4)31(17-24)44-3)14-13-27(26)47-25-9-5-23(6-10-25)19-36-32(39)12-8-22/h5-7,9-11,15-17,26-27H,8,12-14,18-21H2,1-4H3,(H,36,39)(H,37,40)/t26-,27-/m1/s1. The number of piperidine rings is 1. The molecule has 5 heterocycles. The third kappa shape index (κ3) is 8.37. The molecule has 0 aliphatic carbocycles. The molecule has 5 aliphatic rings. The molecule has 250 valence electrons. The number of aryl methyl sites for hydroxylation is 1. The van der Waals surface area contributed by atoms with Gasteiger partial charge < -0.3 is 44.0 Å². The van der Waals surface area contributed by atoms with E-state index in [9.17, 15) is 14.4 Å². The molecule has 0 spiro atoms. The Balaban J connectivity index is 1.35. The Morgan fingerprint density at radius 3 is 2.23 bits per heavy atom. The molecule has 47 heavy (non-hydrogen) atoms. The van der Waals surface area contributed by atoms with Gasteiger partial charge in [0, 0.05) is 32.5 Å². The number of carbonyl (C=O) groups excluding carboxylic acids is 3. The molecule has 0 saturated carbocycles. The Morgan fingerprint density at radius 2 is 1.55 bits per heavy atom. The number of benzene rings is 3. The van der Waals surface area contributed by atoms with Gasteiger partial charge >= 0.3 is 0 Å². The molecule has 2 N–H and O–H groups in total. The van der Waals surface area contributed by atoms with Crippen LogP contribution in [0.1, 0.15) is 29.5 Å². The van der Waals surface area contributed by atoms with Gasteiger partial charge in [0.2, 0.25) is 17.6 Å². The fourth-order valence-electron chi connectivity index (χ4n) is 5.75. The molecule has 0 radical (unpaired) electrons. The Bertz CT molecular complexity index is 1550. The van der Waals surface area contributed by atoms with Gasteiger partial charge in [-0.15, -0.1) is 0 Å². The van der Waals surface area contributed by atoms with Crippen LogP contribution in [0.4, 0.5) is 0 Å². The van der Waals surface area contributed by atoms with Gasteiger partial charge in [0.25, 0.3) is 5.91 Å². The number of ether oxygens (including phenoxy) is 6. The minimum absolute atomic E-state index is 0.0647. The maximum Gasteiger partial charge on any atom is 0.258 e. The van der Waals surface area contributed by atoms with E-state index in [0.717, 1.165) is 11.1 Å². The minimum Gasteiger partial charge on any atom is -0.493 e. The van der Waals surface area contributed by atoms with Gasteiger partial charge in [-0.25, -0.2) is 0 Å². The van der Waals surface area contributed by atoms with Crippen LogP contribution < -0.4 is 39.1 Å². The zero-order chi connectivity index (χ0) is 33.3. The predicted molar refractivity (Wildman–Crippen MR) is 172 cm³/mol. The molecule has 1 fully saturated rings. The van der Waals surface area contributed by atoms with Crippen LogP contribution in [0, 0.1) is 0 Å². The summed E-state index contributed by atoms with van der Waals surface area (Å²) in [5.74, 6) is 2.31. The number of rotatable bonds is 6. The van der Waals surface area contributed by atoms with Crippen molar-refractivity contribution in [3.8, 4) is 34.5 Å². The van der Waals surface area contributed by atoms with Crippen molar-refractivity contribution in [3.05, 3.63) is 71.3 Å². The van der Waals surface area contributed by atoms with Crippen molar-refractivity contribution in [1.29, 1.82) is 0 Å². The molecular formula is C35H41N3O9. The molecule has 3 amide bonds. The Hall–Kier alpha value is -5.13. The number of amides is 3. The Morgan fingerprint density at radius 1 is 0.851 bits per heavy atom. The molecule has 5 aliphatic heterocycles. The molecule has 8 rings (SSSR count). The molecule has 3 aromatic carbocycles. The molecule has 2 atom stereocenters. The second kappa shape index (κ2) is 15.4. The van der Waals surface area contributed by atoms with Crippen molar-refractivity contribution < 1.29 is 42.8 Å². The molecule has 4 bridgehead atoms. The van der Waals surface area contributed by atoms with Gasteiger partial charge in [-0.05, 0) is 59.5 Å². The van der Waals surface area contributed by atoms with Crippen molar-refractivity contribution in [2.45, 2.75) is 44.4 Å². The monoisotopic (exact) mass is 647 g/mol. The summed E-state index contributed by atoms with van der Waals surface area (Å²) in [6.45, 7) is 0.794. The van der Waals surface area contributed by atoms with Gasteiger partial charge in [-0.2, -0.15) is 0 Å². The summed E-state index contributed by atoms with van der Waals surface area (Å²) in [6, 6.07) is 15.9. The van der Waals surface area contributed by atoms with Crippen molar-refractivity contribution >= 4 is 17.7 Å². The number of hydrogen-bond donors (Lipinski definition) is 2. The number of methoxy groups -OCH3 is 4. The molecule has 3 aromatic rings. The van der Waals surface area contributed by atoms with E-state index < -0.39 is 12.1 Å². The van der Waals surface area contributed by atoms with Crippen molar-refractivity contribution in [2.24, 2.45) is 0 Å². The summed E-state index contributed by atoms with van der Waals surface area (Å²) in [5, 5.41) is 6.00. The van der Waals surface area contributed by atoms with Crippen LogP contribution in [0.2, 0.25) is 0 Å². The molecule has 0 aromatic heterocycles. The van der Waals surface area contributed by atoms with Crippen LogP contribution in [0.5, 0.6) is 34.5 Å². The highest BCUT2D eigenvalue weighted by molar-refractivity contribution is 5.81. The van der Waals surface area contributed by atoms with E-state index in [1.54, 1.807) is 29.2 Å².